The Labute approximate surface area is 107 Å². The number of hydrogen-bond donors (Lipinski definition) is 0. The van der Waals surface area contributed by atoms with Crippen LogP contribution < -0.4 is 0 Å². The molecule has 6 atom stereocenters. The van der Waals surface area contributed by atoms with E-state index in [1.54, 1.807) is 0 Å². The predicted octanol–water partition coefficient (Wildman–Crippen LogP) is 1.66. The molecule has 18 heavy (non-hydrogen) atoms. The van der Waals surface area contributed by atoms with Gasteiger partial charge in [0.15, 0.2) is 0 Å². The average Bonchev–Trinajstić information content (AvgIpc) is 3.26. The van der Waals surface area contributed by atoms with Crippen molar-refractivity contribution in [1.29, 1.82) is 0 Å². The summed E-state index contributed by atoms with van der Waals surface area (Å²) in [5, 5.41) is 0. The Bertz CT molecular complexity index is 356. The lowest BCUT2D eigenvalue weighted by Gasteiger charge is -2.21. The molecular formula is C14H20O4. The molecule has 0 N–H and O–H groups in total. The van der Waals surface area contributed by atoms with Gasteiger partial charge in [-0.05, 0) is 44.4 Å². The maximum Gasteiger partial charge on any atom is 0.309 e. The highest BCUT2D eigenvalue weighted by atomic mass is 16.6. The second-order valence-corrected chi connectivity index (χ2v) is 6.25. The summed E-state index contributed by atoms with van der Waals surface area (Å²) in [6.45, 7) is 0.594. The molecular weight excluding hydrogens is 232 g/mol. The molecule has 0 aromatic heterocycles. The minimum atomic E-state index is 0.00258. The molecule has 100 valence electrons. The largest absolute Gasteiger partial charge is 0.465 e. The van der Waals surface area contributed by atoms with Crippen LogP contribution in [0.4, 0.5) is 0 Å². The molecule has 0 radical (unpaired) electrons. The molecule has 0 aromatic carbocycles. The van der Waals surface area contributed by atoms with Gasteiger partial charge in [-0.15, -0.1) is 0 Å². The Morgan fingerprint density at radius 2 is 1.67 bits per heavy atom. The van der Waals surface area contributed by atoms with Crippen molar-refractivity contribution in [1.82, 2.24) is 0 Å². The molecule has 5 unspecified atom stereocenters. The van der Waals surface area contributed by atoms with E-state index in [-0.39, 0.29) is 11.9 Å². The van der Waals surface area contributed by atoms with Gasteiger partial charge in [0, 0.05) is 0 Å². The summed E-state index contributed by atoms with van der Waals surface area (Å²) in [7, 11) is 0. The van der Waals surface area contributed by atoms with E-state index in [1.807, 2.05) is 0 Å². The zero-order valence-corrected chi connectivity index (χ0v) is 10.5. The molecule has 4 heteroatoms. The van der Waals surface area contributed by atoms with Crippen LogP contribution in [0.2, 0.25) is 0 Å². The first-order chi connectivity index (χ1) is 8.79. The van der Waals surface area contributed by atoms with Crippen LogP contribution in [0.15, 0.2) is 0 Å². The lowest BCUT2D eigenvalue weighted by atomic mass is 9.89. The molecule has 2 saturated carbocycles. The normalized spacial score (nSPS) is 48.9. The van der Waals surface area contributed by atoms with Gasteiger partial charge >= 0.3 is 5.97 Å². The van der Waals surface area contributed by atoms with Gasteiger partial charge in [0.1, 0.15) is 0 Å². The average molecular weight is 252 g/mol. The predicted molar refractivity (Wildman–Crippen MR) is 63.0 cm³/mol. The van der Waals surface area contributed by atoms with Gasteiger partial charge < -0.3 is 14.2 Å². The maximum absolute atomic E-state index is 12.0. The molecule has 0 bridgehead atoms. The number of fused-ring (bicyclic) bond motifs is 2. The highest BCUT2D eigenvalue weighted by molar-refractivity contribution is 5.72. The monoisotopic (exact) mass is 252 g/mol. The summed E-state index contributed by atoms with van der Waals surface area (Å²) >= 11 is 0. The molecule has 4 nitrogen and oxygen atoms in total. The van der Waals surface area contributed by atoms with Crippen molar-refractivity contribution in [2.24, 2.45) is 11.8 Å². The lowest BCUT2D eigenvalue weighted by Crippen LogP contribution is -2.27. The minimum absolute atomic E-state index is 0.00258. The Morgan fingerprint density at radius 3 is 2.39 bits per heavy atom. The summed E-state index contributed by atoms with van der Waals surface area (Å²) in [6, 6.07) is 0. The Kier molecular flexibility index (Phi) is 2.62. The van der Waals surface area contributed by atoms with Crippen LogP contribution in [0.5, 0.6) is 0 Å². The van der Waals surface area contributed by atoms with E-state index in [1.165, 1.54) is 0 Å². The van der Waals surface area contributed by atoms with Crippen molar-refractivity contribution in [2.45, 2.75) is 62.9 Å². The van der Waals surface area contributed by atoms with Crippen molar-refractivity contribution in [3.05, 3.63) is 0 Å². The van der Waals surface area contributed by atoms with Crippen LogP contribution >= 0.6 is 0 Å². The highest BCUT2D eigenvalue weighted by Gasteiger charge is 2.47. The van der Waals surface area contributed by atoms with Crippen molar-refractivity contribution in [2.75, 3.05) is 6.61 Å². The molecule has 4 rings (SSSR count). The first-order valence-electron chi connectivity index (χ1n) is 7.27. The van der Waals surface area contributed by atoms with Gasteiger partial charge in [0.25, 0.3) is 0 Å². The van der Waals surface area contributed by atoms with Gasteiger partial charge in [-0.2, -0.15) is 0 Å². The summed E-state index contributed by atoms with van der Waals surface area (Å²) in [5.74, 6) is 0.608. The summed E-state index contributed by atoms with van der Waals surface area (Å²) < 4.78 is 16.4. The van der Waals surface area contributed by atoms with Gasteiger partial charge in [0.05, 0.1) is 36.9 Å². The van der Waals surface area contributed by atoms with E-state index in [9.17, 15) is 4.79 Å². The van der Waals surface area contributed by atoms with Gasteiger partial charge in [-0.3, -0.25) is 4.79 Å². The lowest BCUT2D eigenvalue weighted by molar-refractivity contribution is -0.151. The summed E-state index contributed by atoms with van der Waals surface area (Å²) in [6.07, 6.45) is 8.03. The van der Waals surface area contributed by atoms with E-state index in [0.29, 0.717) is 36.9 Å². The molecule has 2 aliphatic carbocycles. The van der Waals surface area contributed by atoms with E-state index in [2.05, 4.69) is 0 Å². The summed E-state index contributed by atoms with van der Waals surface area (Å²) in [5.41, 5.74) is 0. The van der Waals surface area contributed by atoms with Crippen LogP contribution in [0.25, 0.3) is 0 Å². The van der Waals surface area contributed by atoms with Crippen molar-refractivity contribution >= 4 is 5.97 Å². The standard InChI is InChI=1S/C14H20O4/c15-14(9-2-4-11-13(6-9)18-11)16-7-8-1-3-10-12(5-8)17-10/h8-13H,1-7H2/t8?,9?,10-,11?,12?,13?/m0/s1. The van der Waals surface area contributed by atoms with Crippen molar-refractivity contribution < 1.29 is 19.0 Å². The maximum atomic E-state index is 12.0. The molecule has 2 heterocycles. The third kappa shape index (κ3) is 2.16. The number of rotatable bonds is 3. The number of carbonyl (C=O) groups excluding carboxylic acids is 1. The van der Waals surface area contributed by atoms with Gasteiger partial charge in [0.2, 0.25) is 0 Å². The summed E-state index contributed by atoms with van der Waals surface area (Å²) in [4.78, 5) is 12.0. The quantitative estimate of drug-likeness (QED) is 0.566. The fourth-order valence-corrected chi connectivity index (χ4v) is 3.57. The number of carbonyl (C=O) groups is 1. The Hall–Kier alpha value is -0.610. The number of hydrogen-bond acceptors (Lipinski definition) is 4. The smallest absolute Gasteiger partial charge is 0.309 e. The number of ether oxygens (including phenoxy) is 3. The van der Waals surface area contributed by atoms with E-state index in [4.69, 9.17) is 14.2 Å². The number of epoxide rings is 2. The molecule has 2 saturated heterocycles. The van der Waals surface area contributed by atoms with Crippen molar-refractivity contribution in [3.8, 4) is 0 Å². The van der Waals surface area contributed by atoms with Gasteiger partial charge in [-0.25, -0.2) is 0 Å². The van der Waals surface area contributed by atoms with Crippen LogP contribution in [0.3, 0.4) is 0 Å². The molecule has 0 amide bonds. The first-order valence-corrected chi connectivity index (χ1v) is 7.27. The number of esters is 1. The highest BCUT2D eigenvalue weighted by Crippen LogP contribution is 2.41. The molecule has 0 aromatic rings. The molecule has 4 aliphatic rings. The van der Waals surface area contributed by atoms with Crippen LogP contribution in [-0.2, 0) is 19.0 Å². The zero-order chi connectivity index (χ0) is 12.1. The molecule has 0 spiro atoms. The van der Waals surface area contributed by atoms with Crippen LogP contribution in [0.1, 0.15) is 38.5 Å². The molecule has 2 aliphatic heterocycles. The topological polar surface area (TPSA) is 51.4 Å². The third-order valence-corrected chi connectivity index (χ3v) is 4.91. The van der Waals surface area contributed by atoms with Crippen molar-refractivity contribution in [3.63, 3.8) is 0 Å². The molecule has 4 fully saturated rings. The first kappa shape index (κ1) is 11.2. The van der Waals surface area contributed by atoms with E-state index in [0.717, 1.165) is 38.5 Å². The SMILES string of the molecule is O=C(OCC1CC[C@@H]2OC2C1)C1CCC2OC2C1. The third-order valence-electron chi connectivity index (χ3n) is 4.91. The van der Waals surface area contributed by atoms with E-state index < -0.39 is 0 Å². The van der Waals surface area contributed by atoms with Gasteiger partial charge in [-0.1, -0.05) is 0 Å². The fraction of sp³-hybridized carbons (Fsp3) is 0.929. The Morgan fingerprint density at radius 1 is 0.944 bits per heavy atom. The van der Waals surface area contributed by atoms with E-state index >= 15 is 0 Å². The fourth-order valence-electron chi connectivity index (χ4n) is 3.57. The Balaban J connectivity index is 1.23. The second kappa shape index (κ2) is 4.20. The van der Waals surface area contributed by atoms with Crippen LogP contribution in [-0.4, -0.2) is 37.0 Å². The minimum Gasteiger partial charge on any atom is -0.465 e. The zero-order valence-electron chi connectivity index (χ0n) is 10.5. The second-order valence-electron chi connectivity index (χ2n) is 6.25. The van der Waals surface area contributed by atoms with Crippen LogP contribution in [0, 0.1) is 11.8 Å².